The molecular weight excluding hydrogens is 829 g/mol. The maximum absolute atomic E-state index is 12.8. The van der Waals surface area contributed by atoms with Crippen LogP contribution in [0.3, 0.4) is 0 Å². The van der Waals surface area contributed by atoms with Crippen LogP contribution in [0.5, 0.6) is 0 Å². The number of ether oxygens (including phenoxy) is 3. The van der Waals surface area contributed by atoms with Gasteiger partial charge in [0.25, 0.3) is 0 Å². The predicted octanol–water partition coefficient (Wildman–Crippen LogP) is 18.1. The standard InChI is InChI=1S/C61H98O6/c1-4-7-10-13-16-19-22-25-27-29-30-32-33-36-39-42-45-48-51-54-60(63)66-57-58(56-65-59(62)53-50-47-44-41-38-35-24-21-18-15-12-9-6-3)67-61(64)55-52-49-46-43-40-37-34-31-28-26-23-20-17-14-11-8-5-2/h8,11-12,15-17,19-21,24-28,30,32,34,37,43,46,58H,4-7,9-10,13-14,18,22-23,29,31,33,35-36,38-42,44-45,47-57H2,1-3H3/b11-8-,15-12-,19-16-,20-17-,24-21-,27-25-,28-26-,32-30-,37-34-,46-43-. The minimum Gasteiger partial charge on any atom is -0.462 e. The van der Waals surface area contributed by atoms with Crippen LogP contribution in [0.25, 0.3) is 0 Å². The molecule has 0 aliphatic heterocycles. The molecule has 0 radical (unpaired) electrons. The molecule has 6 heteroatoms. The zero-order chi connectivity index (χ0) is 48.6. The van der Waals surface area contributed by atoms with Crippen molar-refractivity contribution in [3.8, 4) is 0 Å². The van der Waals surface area contributed by atoms with Gasteiger partial charge in [-0.1, -0.05) is 206 Å². The van der Waals surface area contributed by atoms with E-state index in [0.717, 1.165) is 135 Å². The maximum atomic E-state index is 12.8. The van der Waals surface area contributed by atoms with Gasteiger partial charge in [0.05, 0.1) is 0 Å². The molecule has 0 rings (SSSR count). The first kappa shape index (κ1) is 62.8. The number of allylic oxidation sites excluding steroid dienone is 20. The van der Waals surface area contributed by atoms with Crippen LogP contribution in [-0.4, -0.2) is 37.2 Å². The number of carbonyl (C=O) groups is 3. The van der Waals surface area contributed by atoms with E-state index >= 15 is 0 Å². The Bertz CT molecular complexity index is 1440. The van der Waals surface area contributed by atoms with Crippen LogP contribution in [-0.2, 0) is 28.6 Å². The van der Waals surface area contributed by atoms with E-state index in [4.69, 9.17) is 14.2 Å². The minimum atomic E-state index is -0.823. The van der Waals surface area contributed by atoms with Crippen LogP contribution < -0.4 is 0 Å². The summed E-state index contributed by atoms with van der Waals surface area (Å²) in [5, 5.41) is 0. The molecule has 0 aliphatic carbocycles. The molecule has 0 fully saturated rings. The lowest BCUT2D eigenvalue weighted by Crippen LogP contribution is -2.30. The van der Waals surface area contributed by atoms with Crippen LogP contribution in [0, 0.1) is 0 Å². The van der Waals surface area contributed by atoms with E-state index in [2.05, 4.69) is 142 Å². The monoisotopic (exact) mass is 927 g/mol. The Kier molecular flexibility index (Phi) is 51.0. The summed E-state index contributed by atoms with van der Waals surface area (Å²) < 4.78 is 16.8. The highest BCUT2D eigenvalue weighted by Gasteiger charge is 2.19. The molecule has 0 aromatic carbocycles. The van der Waals surface area contributed by atoms with E-state index in [1.54, 1.807) is 0 Å². The minimum absolute atomic E-state index is 0.115. The lowest BCUT2D eigenvalue weighted by molar-refractivity contribution is -0.167. The van der Waals surface area contributed by atoms with Crippen LogP contribution in [0.2, 0.25) is 0 Å². The molecule has 0 aromatic rings. The lowest BCUT2D eigenvalue weighted by atomic mass is 10.1. The van der Waals surface area contributed by atoms with Gasteiger partial charge in [-0.2, -0.15) is 0 Å². The van der Waals surface area contributed by atoms with Crippen LogP contribution in [0.1, 0.15) is 226 Å². The highest BCUT2D eigenvalue weighted by molar-refractivity contribution is 5.71. The number of hydrogen-bond acceptors (Lipinski definition) is 6. The van der Waals surface area contributed by atoms with Gasteiger partial charge in [0.15, 0.2) is 6.10 Å². The molecule has 1 unspecified atom stereocenters. The zero-order valence-corrected chi connectivity index (χ0v) is 43.1. The Labute approximate surface area is 412 Å². The van der Waals surface area contributed by atoms with E-state index in [1.165, 1.54) is 44.9 Å². The number of esters is 3. The average Bonchev–Trinajstić information content (AvgIpc) is 3.33. The van der Waals surface area contributed by atoms with E-state index in [-0.39, 0.29) is 37.5 Å². The summed E-state index contributed by atoms with van der Waals surface area (Å²) in [7, 11) is 0. The molecule has 0 aromatic heterocycles. The van der Waals surface area contributed by atoms with Gasteiger partial charge in [-0.25, -0.2) is 0 Å². The second-order valence-electron chi connectivity index (χ2n) is 17.4. The molecule has 0 heterocycles. The fourth-order valence-corrected chi connectivity index (χ4v) is 6.87. The van der Waals surface area contributed by atoms with E-state index in [1.807, 2.05) is 0 Å². The van der Waals surface area contributed by atoms with Crippen molar-refractivity contribution >= 4 is 17.9 Å². The summed E-state index contributed by atoms with van der Waals surface area (Å²) >= 11 is 0. The van der Waals surface area contributed by atoms with Crippen molar-refractivity contribution in [1.29, 1.82) is 0 Å². The van der Waals surface area contributed by atoms with Gasteiger partial charge in [-0.05, 0) is 122 Å². The molecule has 0 spiro atoms. The third-order valence-electron chi connectivity index (χ3n) is 10.9. The van der Waals surface area contributed by atoms with E-state index in [0.29, 0.717) is 19.3 Å². The van der Waals surface area contributed by atoms with Crippen LogP contribution in [0.4, 0.5) is 0 Å². The Hall–Kier alpha value is -4.19. The third-order valence-corrected chi connectivity index (χ3v) is 10.9. The molecule has 0 aliphatic rings. The van der Waals surface area contributed by atoms with Gasteiger partial charge < -0.3 is 14.2 Å². The molecular formula is C61H98O6. The summed E-state index contributed by atoms with van der Waals surface area (Å²) in [6, 6.07) is 0. The van der Waals surface area contributed by atoms with Crippen LogP contribution in [0.15, 0.2) is 122 Å². The van der Waals surface area contributed by atoms with Gasteiger partial charge in [0, 0.05) is 19.3 Å². The highest BCUT2D eigenvalue weighted by Crippen LogP contribution is 2.12. The Morgan fingerprint density at radius 1 is 0.313 bits per heavy atom. The first-order chi connectivity index (χ1) is 33.0. The number of rotatable bonds is 47. The first-order valence-electron chi connectivity index (χ1n) is 27.0. The van der Waals surface area contributed by atoms with Crippen molar-refractivity contribution in [2.24, 2.45) is 0 Å². The fraction of sp³-hybridized carbons (Fsp3) is 0.623. The van der Waals surface area contributed by atoms with Gasteiger partial charge in [-0.15, -0.1) is 0 Å². The summed E-state index contributed by atoms with van der Waals surface area (Å²) in [5.41, 5.74) is 0. The van der Waals surface area contributed by atoms with Gasteiger partial charge in [-0.3, -0.25) is 14.4 Å². The Morgan fingerprint density at radius 2 is 0.627 bits per heavy atom. The number of hydrogen-bond donors (Lipinski definition) is 0. The zero-order valence-electron chi connectivity index (χ0n) is 43.1. The molecule has 0 N–H and O–H groups in total. The van der Waals surface area contributed by atoms with Crippen LogP contribution >= 0.6 is 0 Å². The smallest absolute Gasteiger partial charge is 0.306 e. The quantitative estimate of drug-likeness (QED) is 0.0262. The van der Waals surface area contributed by atoms with Gasteiger partial charge in [0.2, 0.25) is 0 Å². The van der Waals surface area contributed by atoms with Crippen molar-refractivity contribution in [2.45, 2.75) is 232 Å². The maximum Gasteiger partial charge on any atom is 0.306 e. The second-order valence-corrected chi connectivity index (χ2v) is 17.4. The lowest BCUT2D eigenvalue weighted by Gasteiger charge is -2.18. The highest BCUT2D eigenvalue weighted by atomic mass is 16.6. The average molecular weight is 927 g/mol. The second kappa shape index (κ2) is 54.4. The predicted molar refractivity (Wildman–Crippen MR) is 288 cm³/mol. The van der Waals surface area contributed by atoms with Crippen molar-refractivity contribution in [2.75, 3.05) is 13.2 Å². The number of unbranched alkanes of at least 4 members (excludes halogenated alkanes) is 16. The Morgan fingerprint density at radius 3 is 1.01 bits per heavy atom. The van der Waals surface area contributed by atoms with Crippen molar-refractivity contribution in [3.05, 3.63) is 122 Å². The summed E-state index contributed by atoms with van der Waals surface area (Å²) in [5.74, 6) is -1.01. The summed E-state index contributed by atoms with van der Waals surface area (Å²) in [4.78, 5) is 38.0. The first-order valence-corrected chi connectivity index (χ1v) is 27.0. The van der Waals surface area contributed by atoms with E-state index < -0.39 is 6.10 Å². The molecule has 0 saturated carbocycles. The van der Waals surface area contributed by atoms with Crippen molar-refractivity contribution in [3.63, 3.8) is 0 Å². The summed E-state index contributed by atoms with van der Waals surface area (Å²) in [6.07, 6.45) is 74.7. The third kappa shape index (κ3) is 52.6. The Balaban J connectivity index is 4.53. The van der Waals surface area contributed by atoms with Gasteiger partial charge >= 0.3 is 17.9 Å². The van der Waals surface area contributed by atoms with Crippen molar-refractivity contribution < 1.29 is 28.6 Å². The van der Waals surface area contributed by atoms with Crippen molar-refractivity contribution in [1.82, 2.24) is 0 Å². The largest absolute Gasteiger partial charge is 0.462 e. The van der Waals surface area contributed by atoms with E-state index in [9.17, 15) is 14.4 Å². The normalized spacial score (nSPS) is 13.1. The molecule has 0 saturated heterocycles. The molecule has 6 nitrogen and oxygen atoms in total. The molecule has 0 amide bonds. The molecule has 0 bridgehead atoms. The molecule has 1 atom stereocenters. The summed E-state index contributed by atoms with van der Waals surface area (Å²) in [6.45, 7) is 6.35. The fourth-order valence-electron chi connectivity index (χ4n) is 6.87. The topological polar surface area (TPSA) is 78.9 Å². The molecule has 378 valence electrons. The SMILES string of the molecule is CC/C=C\C/C=C\C/C=C\C/C=C\C/C=C\CCCC(=O)OC(COC(=O)CCCCCCC/C=C\C/C=C\CCC)COC(=O)CCCCCCCC/C=C\C/C=C\C/C=C\CCCCC. The van der Waals surface area contributed by atoms with Gasteiger partial charge in [0.1, 0.15) is 13.2 Å². The number of carbonyl (C=O) groups excluding carboxylic acids is 3. The molecule has 67 heavy (non-hydrogen) atoms.